The van der Waals surface area contributed by atoms with Crippen molar-refractivity contribution in [2.75, 3.05) is 0 Å². The van der Waals surface area contributed by atoms with Gasteiger partial charge in [-0.25, -0.2) is 0 Å². The number of carbonyl (C=O) groups excluding carboxylic acids is 1. The predicted octanol–water partition coefficient (Wildman–Crippen LogP) is 1.54. The number of aromatic nitrogens is 2. The van der Waals surface area contributed by atoms with Crippen LogP contribution in [0.2, 0.25) is 0 Å². The van der Waals surface area contributed by atoms with Gasteiger partial charge in [0.05, 0.1) is 18.0 Å². The molecule has 0 amide bonds. The molecule has 0 unspecified atom stereocenters. The average Bonchev–Trinajstić information content (AvgIpc) is 2.81. The Hall–Kier alpha value is -2.57. The van der Waals surface area contributed by atoms with E-state index in [2.05, 4.69) is 9.97 Å². The first-order valence-electron chi connectivity index (χ1n) is 8.88. The zero-order valence-corrected chi connectivity index (χ0v) is 18.8. The molecular weight excluding hydrogens is 382 g/mol. The minimum atomic E-state index is 0. The van der Waals surface area contributed by atoms with Gasteiger partial charge in [-0.1, -0.05) is 60.7 Å². The second kappa shape index (κ2) is 13.6. The van der Waals surface area contributed by atoms with Crippen LogP contribution in [0.5, 0.6) is 0 Å². The van der Waals surface area contributed by atoms with Gasteiger partial charge in [-0.15, -0.1) is 0 Å². The molecule has 4 rings (SSSR count). The Balaban J connectivity index is 0.000000529. The maximum atomic E-state index is 10.6. The van der Waals surface area contributed by atoms with Crippen LogP contribution in [0.4, 0.5) is 0 Å². The molecule has 0 spiro atoms. The van der Waals surface area contributed by atoms with E-state index >= 15 is 0 Å². The van der Waals surface area contributed by atoms with E-state index in [9.17, 15) is 4.79 Å². The minimum absolute atomic E-state index is 0. The zero-order chi connectivity index (χ0) is 19.6. The number of aldehydes is 1. The van der Waals surface area contributed by atoms with Crippen LogP contribution in [-0.4, -0.2) is 29.8 Å². The number of hydrogen-bond acceptors (Lipinski definition) is 4. The molecule has 0 aliphatic heterocycles. The number of hydrogen-bond donors (Lipinski definition) is 1. The fraction of sp³-hybridized carbons (Fsp3) is 0.0417. The molecular formula is C24H21BN2NaO2. The van der Waals surface area contributed by atoms with Gasteiger partial charge in [0.15, 0.2) is 0 Å². The quantitative estimate of drug-likeness (QED) is 0.415. The van der Waals surface area contributed by atoms with Crippen molar-refractivity contribution < 1.29 is 40.9 Å². The van der Waals surface area contributed by atoms with E-state index in [4.69, 9.17) is 5.11 Å². The summed E-state index contributed by atoms with van der Waals surface area (Å²) in [5.74, 6) is 0. The average molecular weight is 403 g/mol. The molecule has 2 heterocycles. The summed E-state index contributed by atoms with van der Waals surface area (Å²) in [7, 11) is 0. The Morgan fingerprint density at radius 3 is 1.77 bits per heavy atom. The van der Waals surface area contributed by atoms with Crippen LogP contribution in [0, 0.1) is 0 Å². The Morgan fingerprint density at radius 2 is 1.27 bits per heavy atom. The molecule has 0 atom stereocenters. The van der Waals surface area contributed by atoms with Gasteiger partial charge in [0.1, 0.15) is 6.29 Å². The monoisotopic (exact) mass is 403 g/mol. The summed E-state index contributed by atoms with van der Waals surface area (Å²) in [5.41, 5.74) is 5.36. The van der Waals surface area contributed by atoms with Gasteiger partial charge >= 0.3 is 29.6 Å². The van der Waals surface area contributed by atoms with Crippen molar-refractivity contribution in [1.82, 2.24) is 9.97 Å². The molecule has 2 aromatic heterocycles. The molecule has 1 N–H and O–H groups in total. The van der Waals surface area contributed by atoms with Crippen LogP contribution >= 0.6 is 0 Å². The van der Waals surface area contributed by atoms with E-state index < -0.39 is 0 Å². The summed E-state index contributed by atoms with van der Waals surface area (Å²) < 4.78 is 0. The van der Waals surface area contributed by atoms with Crippen molar-refractivity contribution in [3.8, 4) is 22.5 Å². The number of nitrogens with zero attached hydrogens (tertiary/aromatic N) is 2. The van der Waals surface area contributed by atoms with Gasteiger partial charge in [0, 0.05) is 37.5 Å². The van der Waals surface area contributed by atoms with Crippen molar-refractivity contribution in [2.45, 2.75) is 6.61 Å². The minimum Gasteiger partial charge on any atom is -1.00 e. The number of aliphatic hydroxyl groups is 1. The zero-order valence-electron chi connectivity index (χ0n) is 17.8. The van der Waals surface area contributed by atoms with E-state index in [1.165, 1.54) is 0 Å². The third-order valence-electron chi connectivity index (χ3n) is 4.07. The van der Waals surface area contributed by atoms with Crippen LogP contribution in [-0.2, 0) is 6.61 Å². The van der Waals surface area contributed by atoms with Gasteiger partial charge in [0.25, 0.3) is 0 Å². The number of rotatable bonds is 4. The number of carbonyl (C=O) groups is 1. The maximum Gasteiger partial charge on any atom is 1.00 e. The summed E-state index contributed by atoms with van der Waals surface area (Å²) in [6.45, 7) is 0.0579. The summed E-state index contributed by atoms with van der Waals surface area (Å²) in [4.78, 5) is 19.0. The fourth-order valence-corrected chi connectivity index (χ4v) is 2.63. The smallest absolute Gasteiger partial charge is 1.00 e. The van der Waals surface area contributed by atoms with E-state index in [1.807, 2.05) is 72.8 Å². The topological polar surface area (TPSA) is 63.1 Å². The molecule has 0 fully saturated rings. The van der Waals surface area contributed by atoms with Crippen molar-refractivity contribution in [2.24, 2.45) is 0 Å². The first-order chi connectivity index (χ1) is 13.8. The van der Waals surface area contributed by atoms with Crippen LogP contribution in [0.15, 0.2) is 97.3 Å². The Labute approximate surface area is 202 Å². The number of pyridine rings is 2. The van der Waals surface area contributed by atoms with Gasteiger partial charge in [-0.3, -0.25) is 14.8 Å². The SMILES string of the molecule is O=Cc1ccnc(-c2ccccc2)c1.OCc1ccnc(-c2ccccc2)c1.[B].[H-].[Na+]. The predicted molar refractivity (Wildman–Crippen MR) is 118 cm³/mol. The number of aliphatic hydroxyl groups excluding tert-OH is 1. The summed E-state index contributed by atoms with van der Waals surface area (Å²) >= 11 is 0. The first-order valence-corrected chi connectivity index (χ1v) is 8.88. The normalized spacial score (nSPS) is 9.23. The van der Waals surface area contributed by atoms with Gasteiger partial charge in [0.2, 0.25) is 0 Å². The van der Waals surface area contributed by atoms with E-state index in [0.717, 1.165) is 34.4 Å². The number of benzene rings is 2. The Bertz CT molecular complexity index is 1040. The molecule has 0 saturated heterocycles. The molecule has 0 bridgehead atoms. The molecule has 3 radical (unpaired) electrons. The third-order valence-corrected chi connectivity index (χ3v) is 4.07. The molecule has 6 heteroatoms. The van der Waals surface area contributed by atoms with E-state index in [0.29, 0.717) is 5.56 Å². The van der Waals surface area contributed by atoms with Gasteiger partial charge in [-0.05, 0) is 29.8 Å². The van der Waals surface area contributed by atoms with Crippen LogP contribution < -0.4 is 29.6 Å². The molecule has 0 aliphatic rings. The molecule has 0 saturated carbocycles. The first kappa shape index (κ1) is 25.5. The molecule has 143 valence electrons. The van der Waals surface area contributed by atoms with Crippen LogP contribution in [0.3, 0.4) is 0 Å². The van der Waals surface area contributed by atoms with Crippen LogP contribution in [0.1, 0.15) is 17.3 Å². The second-order valence-electron chi connectivity index (χ2n) is 6.03. The molecule has 0 aliphatic carbocycles. The Kier molecular flexibility index (Phi) is 11.6. The fourth-order valence-electron chi connectivity index (χ4n) is 2.63. The van der Waals surface area contributed by atoms with Crippen molar-refractivity contribution >= 4 is 14.7 Å². The summed E-state index contributed by atoms with van der Waals surface area (Å²) in [5, 5.41) is 8.98. The van der Waals surface area contributed by atoms with Gasteiger partial charge < -0.3 is 6.53 Å². The molecule has 4 aromatic rings. The summed E-state index contributed by atoms with van der Waals surface area (Å²) in [6.07, 6.45) is 4.19. The largest absolute Gasteiger partial charge is 1.00 e. The van der Waals surface area contributed by atoms with E-state index in [-0.39, 0.29) is 46.0 Å². The second-order valence-corrected chi connectivity index (χ2v) is 6.03. The van der Waals surface area contributed by atoms with Crippen molar-refractivity contribution in [3.63, 3.8) is 0 Å². The van der Waals surface area contributed by atoms with E-state index in [1.54, 1.807) is 24.5 Å². The summed E-state index contributed by atoms with van der Waals surface area (Å²) in [6, 6.07) is 26.9. The van der Waals surface area contributed by atoms with Crippen LogP contribution in [0.25, 0.3) is 22.5 Å². The maximum absolute atomic E-state index is 10.6. The molecule has 2 aromatic carbocycles. The molecule has 30 heavy (non-hydrogen) atoms. The molecule has 4 nitrogen and oxygen atoms in total. The Morgan fingerprint density at radius 1 is 0.767 bits per heavy atom. The van der Waals surface area contributed by atoms with Crippen molar-refractivity contribution in [1.29, 1.82) is 0 Å². The third kappa shape index (κ3) is 7.36. The van der Waals surface area contributed by atoms with Crippen molar-refractivity contribution in [3.05, 3.63) is 108 Å². The van der Waals surface area contributed by atoms with Gasteiger partial charge in [-0.2, -0.15) is 0 Å². The standard InChI is InChI=1S/C12H11NO.C12H9NO.B.Na.H/c2*14-9-10-6-7-13-12(8-10)11-4-2-1-3-5-11;;;/h1-8,14H,9H2;1-9H;;;/q;;;+1;-1.